The zero-order valence-corrected chi connectivity index (χ0v) is 12.3. The molecule has 0 bridgehead atoms. The molecule has 0 radical (unpaired) electrons. The van der Waals surface area contributed by atoms with E-state index in [-0.39, 0.29) is 17.9 Å². The molecular weight excluding hydrogens is 322 g/mol. The largest absolute Gasteiger partial charge is 0.378 e. The van der Waals surface area contributed by atoms with Crippen LogP contribution in [0.1, 0.15) is 0 Å². The molecule has 1 aromatic carbocycles. The zero-order chi connectivity index (χ0) is 14.1. The number of aromatic nitrogens is 1. The maximum atomic E-state index is 11.4. The van der Waals surface area contributed by atoms with Crippen molar-refractivity contribution in [2.45, 2.75) is 6.04 Å². The number of fused-ring (bicyclic) bond motifs is 1. The molecule has 0 aliphatic carbocycles. The molecule has 20 heavy (non-hydrogen) atoms. The quantitative estimate of drug-likeness (QED) is 0.898. The minimum absolute atomic E-state index is 0.0999. The summed E-state index contributed by atoms with van der Waals surface area (Å²) >= 11 is 3.46. The van der Waals surface area contributed by atoms with Gasteiger partial charge in [-0.15, -0.1) is 0 Å². The van der Waals surface area contributed by atoms with Crippen LogP contribution >= 0.6 is 15.9 Å². The zero-order valence-electron chi connectivity index (χ0n) is 10.7. The van der Waals surface area contributed by atoms with Crippen LogP contribution in [0, 0.1) is 5.92 Å². The molecule has 1 saturated heterocycles. The minimum atomic E-state index is -0.334. The number of halogens is 1. The monoisotopic (exact) mass is 335 g/mol. The number of anilines is 1. The van der Waals surface area contributed by atoms with E-state index in [1.54, 1.807) is 6.20 Å². The maximum Gasteiger partial charge on any atom is 0.225 e. The van der Waals surface area contributed by atoms with Gasteiger partial charge in [0.15, 0.2) is 0 Å². The van der Waals surface area contributed by atoms with Crippen molar-refractivity contribution in [3.8, 4) is 0 Å². The van der Waals surface area contributed by atoms with Crippen LogP contribution in [0.25, 0.3) is 10.9 Å². The Morgan fingerprint density at radius 2 is 2.25 bits per heavy atom. The summed E-state index contributed by atoms with van der Waals surface area (Å²) in [6.07, 6.45) is 1.74. The van der Waals surface area contributed by atoms with Crippen LogP contribution in [0.4, 0.5) is 5.69 Å². The number of rotatable bonds is 3. The molecule has 3 N–H and O–H groups in total. The Morgan fingerprint density at radius 1 is 1.40 bits per heavy atom. The van der Waals surface area contributed by atoms with Crippen molar-refractivity contribution >= 4 is 38.4 Å². The van der Waals surface area contributed by atoms with Crippen molar-refractivity contribution in [1.29, 1.82) is 0 Å². The Morgan fingerprint density at radius 3 is 3.05 bits per heavy atom. The smallest absolute Gasteiger partial charge is 0.225 e. The average Bonchev–Trinajstić information content (AvgIpc) is 2.88. The second-order valence-electron chi connectivity index (χ2n) is 4.82. The molecule has 104 valence electrons. The molecule has 1 amide bonds. The fourth-order valence-corrected chi connectivity index (χ4v) is 2.78. The summed E-state index contributed by atoms with van der Waals surface area (Å²) in [4.78, 5) is 15.7. The average molecular weight is 336 g/mol. The molecule has 1 aromatic heterocycles. The first-order chi connectivity index (χ1) is 9.65. The van der Waals surface area contributed by atoms with Gasteiger partial charge >= 0.3 is 0 Å². The van der Waals surface area contributed by atoms with Gasteiger partial charge in [0, 0.05) is 21.7 Å². The van der Waals surface area contributed by atoms with E-state index in [0.29, 0.717) is 13.2 Å². The molecule has 2 atom stereocenters. The molecule has 2 aromatic rings. The highest BCUT2D eigenvalue weighted by Crippen LogP contribution is 2.27. The van der Waals surface area contributed by atoms with Gasteiger partial charge in [-0.25, -0.2) is 0 Å². The normalized spacial score (nSPS) is 22.1. The van der Waals surface area contributed by atoms with Crippen LogP contribution < -0.4 is 11.1 Å². The van der Waals surface area contributed by atoms with E-state index in [0.717, 1.165) is 21.1 Å². The van der Waals surface area contributed by atoms with Crippen molar-refractivity contribution in [3.63, 3.8) is 0 Å². The van der Waals surface area contributed by atoms with Crippen molar-refractivity contribution in [2.24, 2.45) is 11.7 Å². The molecule has 6 heteroatoms. The van der Waals surface area contributed by atoms with Gasteiger partial charge in [-0.1, -0.05) is 15.9 Å². The summed E-state index contributed by atoms with van der Waals surface area (Å²) < 4.78 is 6.33. The number of carbonyl (C=O) groups is 1. The number of nitrogens with zero attached hydrogens (tertiary/aromatic N) is 1. The van der Waals surface area contributed by atoms with Crippen molar-refractivity contribution in [2.75, 3.05) is 18.5 Å². The van der Waals surface area contributed by atoms with Gasteiger partial charge in [0.1, 0.15) is 0 Å². The summed E-state index contributed by atoms with van der Waals surface area (Å²) in [5.74, 6) is -0.634. The van der Waals surface area contributed by atoms with Crippen molar-refractivity contribution in [3.05, 3.63) is 34.9 Å². The molecule has 0 saturated carbocycles. The number of hydrogen-bond donors (Lipinski definition) is 2. The summed E-state index contributed by atoms with van der Waals surface area (Å²) in [6, 6.07) is 7.69. The molecule has 1 fully saturated rings. The third-order valence-electron chi connectivity index (χ3n) is 3.49. The molecule has 3 rings (SSSR count). The number of primary amides is 1. The Labute approximate surface area is 124 Å². The highest BCUT2D eigenvalue weighted by molar-refractivity contribution is 9.10. The standard InChI is InChI=1S/C14H14BrN3O2/c15-8-1-2-11-9(5-8)12(3-4-17-11)18-13-7-20-6-10(13)14(16)19/h1-5,10,13H,6-7H2,(H2,16,19)(H,17,18)/t10-,13+/m1/s1. The number of nitrogens with two attached hydrogens (primary N) is 1. The second kappa shape index (κ2) is 5.38. The predicted molar refractivity (Wildman–Crippen MR) is 80.4 cm³/mol. The number of benzene rings is 1. The van der Waals surface area contributed by atoms with E-state index < -0.39 is 0 Å². The number of hydrogen-bond acceptors (Lipinski definition) is 4. The van der Waals surface area contributed by atoms with Crippen molar-refractivity contribution < 1.29 is 9.53 Å². The number of carbonyl (C=O) groups excluding carboxylic acids is 1. The van der Waals surface area contributed by atoms with Gasteiger partial charge < -0.3 is 15.8 Å². The second-order valence-corrected chi connectivity index (χ2v) is 5.73. The van der Waals surface area contributed by atoms with E-state index in [4.69, 9.17) is 10.5 Å². The third-order valence-corrected chi connectivity index (χ3v) is 3.98. The Bertz CT molecular complexity index is 662. The Kier molecular flexibility index (Phi) is 3.58. The van der Waals surface area contributed by atoms with Crippen LogP contribution in [0.15, 0.2) is 34.9 Å². The van der Waals surface area contributed by atoms with E-state index in [1.807, 2.05) is 24.3 Å². The molecule has 1 aliphatic heterocycles. The van der Waals surface area contributed by atoms with E-state index >= 15 is 0 Å². The Hall–Kier alpha value is -1.66. The maximum absolute atomic E-state index is 11.4. The molecule has 1 aliphatic rings. The van der Waals surface area contributed by atoms with Crippen LogP contribution in [0.3, 0.4) is 0 Å². The van der Waals surface area contributed by atoms with Crippen LogP contribution in [0.2, 0.25) is 0 Å². The summed E-state index contributed by atoms with van der Waals surface area (Å²) in [7, 11) is 0. The lowest BCUT2D eigenvalue weighted by molar-refractivity contribution is -0.121. The van der Waals surface area contributed by atoms with Crippen LogP contribution in [-0.4, -0.2) is 30.1 Å². The van der Waals surface area contributed by atoms with Gasteiger partial charge in [-0.3, -0.25) is 9.78 Å². The third kappa shape index (κ3) is 2.48. The lowest BCUT2D eigenvalue weighted by Gasteiger charge is -2.18. The number of amides is 1. The van der Waals surface area contributed by atoms with E-state index in [2.05, 4.69) is 26.2 Å². The van der Waals surface area contributed by atoms with E-state index in [1.165, 1.54) is 0 Å². The highest BCUT2D eigenvalue weighted by Gasteiger charge is 2.32. The predicted octanol–water partition coefficient (Wildman–Crippen LogP) is 1.91. The van der Waals surface area contributed by atoms with E-state index in [9.17, 15) is 4.79 Å². The first-order valence-corrected chi connectivity index (χ1v) is 7.12. The van der Waals surface area contributed by atoms with Crippen LogP contribution in [-0.2, 0) is 9.53 Å². The SMILES string of the molecule is NC(=O)[C@@H]1COC[C@@H]1Nc1ccnc2ccc(Br)cc12. The number of nitrogens with one attached hydrogen (secondary N) is 1. The molecule has 0 spiro atoms. The lowest BCUT2D eigenvalue weighted by Crippen LogP contribution is -2.37. The molecule has 2 heterocycles. The summed E-state index contributed by atoms with van der Waals surface area (Å²) in [6.45, 7) is 0.852. The Balaban J connectivity index is 1.94. The topological polar surface area (TPSA) is 77.2 Å². The number of pyridine rings is 1. The van der Waals surface area contributed by atoms with Gasteiger partial charge in [0.2, 0.25) is 5.91 Å². The summed E-state index contributed by atoms with van der Waals surface area (Å²) in [5, 5.41) is 4.35. The fourth-order valence-electron chi connectivity index (χ4n) is 2.42. The van der Waals surface area contributed by atoms with Crippen molar-refractivity contribution in [1.82, 2.24) is 4.98 Å². The van der Waals surface area contributed by atoms with Gasteiger partial charge in [0.25, 0.3) is 0 Å². The van der Waals surface area contributed by atoms with Gasteiger partial charge in [-0.05, 0) is 24.3 Å². The number of ether oxygens (including phenoxy) is 1. The first-order valence-electron chi connectivity index (χ1n) is 6.33. The van der Waals surface area contributed by atoms with Crippen LogP contribution in [0.5, 0.6) is 0 Å². The highest BCUT2D eigenvalue weighted by atomic mass is 79.9. The first kappa shape index (κ1) is 13.3. The minimum Gasteiger partial charge on any atom is -0.378 e. The fraction of sp³-hybridized carbons (Fsp3) is 0.286. The van der Waals surface area contributed by atoms with Gasteiger partial charge in [-0.2, -0.15) is 0 Å². The summed E-state index contributed by atoms with van der Waals surface area (Å²) in [5.41, 5.74) is 7.22. The molecular formula is C14H14BrN3O2. The van der Waals surface area contributed by atoms with Gasteiger partial charge in [0.05, 0.1) is 30.7 Å². The lowest BCUT2D eigenvalue weighted by atomic mass is 10.0. The molecule has 5 nitrogen and oxygen atoms in total. The molecule has 0 unspecified atom stereocenters.